The quantitative estimate of drug-likeness (QED) is 0.269. The number of aromatic nitrogens is 1. The van der Waals surface area contributed by atoms with Crippen LogP contribution in [0.1, 0.15) is 19.3 Å². The van der Waals surface area contributed by atoms with E-state index in [2.05, 4.69) is 30.8 Å². The first-order valence-electron chi connectivity index (χ1n) is 8.63. The van der Waals surface area contributed by atoms with Crippen LogP contribution in [0.5, 0.6) is 0 Å². The summed E-state index contributed by atoms with van der Waals surface area (Å²) in [5.41, 5.74) is 0. The number of nitrogens with zero attached hydrogens (tertiary/aromatic N) is 3. The fraction of sp³-hybridized carbons (Fsp3) is 0.688. The summed E-state index contributed by atoms with van der Waals surface area (Å²) in [6, 6.07) is 0.414. The zero-order valence-electron chi connectivity index (χ0n) is 15.0. The van der Waals surface area contributed by atoms with E-state index in [1.807, 2.05) is 11.6 Å². The summed E-state index contributed by atoms with van der Waals surface area (Å²) in [5, 5.41) is 11.6. The molecular formula is C16H28N6OS2. The number of guanidine groups is 1. The Labute approximate surface area is 158 Å². The van der Waals surface area contributed by atoms with Gasteiger partial charge in [0.05, 0.1) is 6.54 Å². The van der Waals surface area contributed by atoms with Crippen LogP contribution >= 0.6 is 23.1 Å². The lowest BCUT2D eigenvalue weighted by molar-refractivity contribution is -0.122. The Balaban J connectivity index is 1.58. The van der Waals surface area contributed by atoms with Crippen LogP contribution < -0.4 is 16.0 Å². The van der Waals surface area contributed by atoms with Gasteiger partial charge in [-0.05, 0) is 19.3 Å². The summed E-state index contributed by atoms with van der Waals surface area (Å²) in [6.45, 7) is 3.26. The summed E-state index contributed by atoms with van der Waals surface area (Å²) in [4.78, 5) is 22.2. The zero-order valence-corrected chi connectivity index (χ0v) is 16.6. The molecule has 1 aromatic rings. The van der Waals surface area contributed by atoms with E-state index in [0.29, 0.717) is 12.6 Å². The average molecular weight is 385 g/mol. The molecule has 140 valence electrons. The van der Waals surface area contributed by atoms with Crippen molar-refractivity contribution in [3.63, 3.8) is 0 Å². The molecule has 0 saturated carbocycles. The van der Waals surface area contributed by atoms with Gasteiger partial charge in [0, 0.05) is 57.1 Å². The van der Waals surface area contributed by atoms with E-state index in [1.54, 1.807) is 37.2 Å². The van der Waals surface area contributed by atoms with Gasteiger partial charge in [-0.25, -0.2) is 4.98 Å². The highest BCUT2D eigenvalue weighted by molar-refractivity contribution is 8.00. The molecule has 9 heteroatoms. The number of piperidine rings is 1. The fourth-order valence-electron chi connectivity index (χ4n) is 2.63. The maximum Gasteiger partial charge on any atom is 0.233 e. The number of hydrogen-bond acceptors (Lipinski definition) is 6. The Kier molecular flexibility index (Phi) is 9.06. The molecule has 0 aliphatic carbocycles. The number of hydrogen-bond donors (Lipinski definition) is 3. The molecule has 1 aliphatic heterocycles. The number of rotatable bonds is 8. The van der Waals surface area contributed by atoms with Crippen molar-refractivity contribution >= 4 is 35.0 Å². The van der Waals surface area contributed by atoms with Gasteiger partial charge in [0.1, 0.15) is 4.34 Å². The minimum Gasteiger partial charge on any atom is -0.358 e. The number of likely N-dealkylation sites (N-methyl/N-ethyl adjacent to an activating group) is 1. The minimum absolute atomic E-state index is 0.0829. The Hall–Kier alpha value is -1.32. The van der Waals surface area contributed by atoms with E-state index in [-0.39, 0.29) is 5.91 Å². The van der Waals surface area contributed by atoms with Crippen molar-refractivity contribution in [3.8, 4) is 0 Å². The first-order chi connectivity index (χ1) is 12.2. The van der Waals surface area contributed by atoms with Crippen molar-refractivity contribution < 1.29 is 4.79 Å². The Bertz CT molecular complexity index is 529. The van der Waals surface area contributed by atoms with Crippen LogP contribution in [0.25, 0.3) is 0 Å². The molecule has 1 fully saturated rings. The van der Waals surface area contributed by atoms with Gasteiger partial charge in [0.15, 0.2) is 5.96 Å². The monoisotopic (exact) mass is 384 g/mol. The molecule has 0 atom stereocenters. The van der Waals surface area contributed by atoms with Crippen LogP contribution in [-0.4, -0.2) is 73.8 Å². The van der Waals surface area contributed by atoms with Crippen LogP contribution in [0.4, 0.5) is 0 Å². The van der Waals surface area contributed by atoms with Crippen LogP contribution in [0, 0.1) is 0 Å². The first kappa shape index (κ1) is 20.0. The minimum atomic E-state index is 0.0829. The maximum atomic E-state index is 11.4. The molecule has 0 bridgehead atoms. The number of carbonyl (C=O) groups excluding carboxylic acids is 1. The molecule has 1 aromatic heterocycles. The van der Waals surface area contributed by atoms with E-state index in [0.717, 1.165) is 54.9 Å². The number of likely N-dealkylation sites (tertiary alicyclic amines) is 1. The predicted molar refractivity (Wildman–Crippen MR) is 105 cm³/mol. The normalized spacial score (nSPS) is 16.6. The predicted octanol–water partition coefficient (Wildman–Crippen LogP) is 1.00. The van der Waals surface area contributed by atoms with E-state index in [9.17, 15) is 4.79 Å². The highest BCUT2D eigenvalue weighted by Gasteiger charge is 2.21. The van der Waals surface area contributed by atoms with Gasteiger partial charge in [0.2, 0.25) is 5.91 Å². The summed E-state index contributed by atoms with van der Waals surface area (Å²) in [6.07, 6.45) is 4.96. The molecule has 1 aliphatic rings. The lowest BCUT2D eigenvalue weighted by Gasteiger charge is -2.32. The Morgan fingerprint density at radius 1 is 1.48 bits per heavy atom. The van der Waals surface area contributed by atoms with E-state index >= 15 is 0 Å². The van der Waals surface area contributed by atoms with Gasteiger partial charge in [-0.2, -0.15) is 0 Å². The third-order valence-electron chi connectivity index (χ3n) is 4.05. The largest absolute Gasteiger partial charge is 0.358 e. The summed E-state index contributed by atoms with van der Waals surface area (Å²) in [5.74, 6) is 2.00. The standard InChI is InChI=1S/C16H28N6OS2/c1-17-14(23)12-22-8-4-13(5-9-22)21-15(18-2)19-6-3-10-24-16-20-7-11-25-16/h7,11,13H,3-6,8-10,12H2,1-2H3,(H,17,23)(H2,18,19,21). The van der Waals surface area contributed by atoms with Gasteiger partial charge in [-0.3, -0.25) is 14.7 Å². The summed E-state index contributed by atoms with van der Waals surface area (Å²) < 4.78 is 1.13. The van der Waals surface area contributed by atoms with Crippen molar-refractivity contribution in [2.75, 3.05) is 46.0 Å². The van der Waals surface area contributed by atoms with Crippen LogP contribution in [0.2, 0.25) is 0 Å². The summed E-state index contributed by atoms with van der Waals surface area (Å²) in [7, 11) is 3.49. The molecule has 0 radical (unpaired) electrons. The van der Waals surface area contributed by atoms with Gasteiger partial charge in [-0.1, -0.05) is 11.8 Å². The number of amides is 1. The van der Waals surface area contributed by atoms with Crippen molar-refractivity contribution in [1.82, 2.24) is 25.8 Å². The second kappa shape index (κ2) is 11.3. The van der Waals surface area contributed by atoms with Crippen molar-refractivity contribution in [1.29, 1.82) is 0 Å². The third-order valence-corrected chi connectivity index (χ3v) is 6.10. The van der Waals surface area contributed by atoms with Crippen LogP contribution in [0.3, 0.4) is 0 Å². The smallest absolute Gasteiger partial charge is 0.233 e. The number of aliphatic imine (C=N–C) groups is 1. The summed E-state index contributed by atoms with van der Waals surface area (Å²) >= 11 is 3.48. The molecule has 25 heavy (non-hydrogen) atoms. The number of carbonyl (C=O) groups is 1. The highest BCUT2D eigenvalue weighted by Crippen LogP contribution is 2.20. The molecule has 7 nitrogen and oxygen atoms in total. The Morgan fingerprint density at radius 3 is 2.92 bits per heavy atom. The van der Waals surface area contributed by atoms with Gasteiger partial charge in [0.25, 0.3) is 0 Å². The van der Waals surface area contributed by atoms with E-state index in [1.165, 1.54) is 0 Å². The molecule has 1 saturated heterocycles. The van der Waals surface area contributed by atoms with Crippen molar-refractivity contribution in [2.24, 2.45) is 4.99 Å². The molecule has 1 amide bonds. The molecule has 0 spiro atoms. The van der Waals surface area contributed by atoms with E-state index in [4.69, 9.17) is 0 Å². The molecule has 3 N–H and O–H groups in total. The number of thiazole rings is 1. The van der Waals surface area contributed by atoms with Crippen molar-refractivity contribution in [3.05, 3.63) is 11.6 Å². The zero-order chi connectivity index (χ0) is 17.9. The van der Waals surface area contributed by atoms with Gasteiger partial charge < -0.3 is 16.0 Å². The Morgan fingerprint density at radius 2 is 2.28 bits per heavy atom. The third kappa shape index (κ3) is 7.62. The molecular weight excluding hydrogens is 356 g/mol. The molecule has 0 aromatic carbocycles. The van der Waals surface area contributed by atoms with Gasteiger partial charge >= 0.3 is 0 Å². The van der Waals surface area contributed by atoms with Gasteiger partial charge in [-0.15, -0.1) is 11.3 Å². The number of thioether (sulfide) groups is 1. The lowest BCUT2D eigenvalue weighted by Crippen LogP contribution is -2.50. The number of nitrogens with one attached hydrogen (secondary N) is 3. The fourth-order valence-corrected chi connectivity index (χ4v) is 4.27. The van der Waals surface area contributed by atoms with Crippen LogP contribution in [-0.2, 0) is 4.79 Å². The average Bonchev–Trinajstić information content (AvgIpc) is 3.15. The molecule has 2 rings (SSSR count). The highest BCUT2D eigenvalue weighted by atomic mass is 32.2. The molecule has 0 unspecified atom stereocenters. The van der Waals surface area contributed by atoms with E-state index < -0.39 is 0 Å². The van der Waals surface area contributed by atoms with Crippen molar-refractivity contribution in [2.45, 2.75) is 29.6 Å². The topological polar surface area (TPSA) is 81.7 Å². The maximum absolute atomic E-state index is 11.4. The SMILES string of the molecule is CN=C(NCCCSc1nccs1)NC1CCN(CC(=O)NC)CC1. The molecule has 2 heterocycles. The second-order valence-corrected chi connectivity index (χ2v) is 8.10. The van der Waals surface area contributed by atoms with Crippen LogP contribution in [0.15, 0.2) is 20.9 Å². The first-order valence-corrected chi connectivity index (χ1v) is 10.5. The second-order valence-electron chi connectivity index (χ2n) is 5.87. The lowest BCUT2D eigenvalue weighted by atomic mass is 10.1.